The molecule has 6 nitrogen and oxygen atoms in total. The minimum atomic E-state index is -3.68. The molecule has 1 radical (unpaired) electrons. The first-order valence-corrected chi connectivity index (χ1v) is 11.0. The van der Waals surface area contributed by atoms with E-state index in [2.05, 4.69) is 16.2 Å². The maximum absolute atomic E-state index is 13.4. The largest absolute Gasteiger partial charge is 0.500 e. The minimum absolute atomic E-state index is 0.0339. The van der Waals surface area contributed by atoms with Gasteiger partial charge in [0.05, 0.1) is 33.7 Å². The molecule has 157 valence electrons. The van der Waals surface area contributed by atoms with Crippen molar-refractivity contribution >= 4 is 32.3 Å². The number of ether oxygens (including phenoxy) is 1. The highest BCUT2D eigenvalue weighted by molar-refractivity contribution is 7.94. The van der Waals surface area contributed by atoms with Crippen molar-refractivity contribution < 1.29 is 17.5 Å². The Bertz CT molecular complexity index is 1180. The van der Waals surface area contributed by atoms with Gasteiger partial charge in [0, 0.05) is 17.5 Å². The first-order chi connectivity index (χ1) is 14.3. The first kappa shape index (κ1) is 22.1. The van der Waals surface area contributed by atoms with Gasteiger partial charge in [0.1, 0.15) is 12.0 Å². The van der Waals surface area contributed by atoms with Crippen molar-refractivity contribution in [1.82, 2.24) is 14.9 Å². The fourth-order valence-electron chi connectivity index (χ4n) is 2.62. The van der Waals surface area contributed by atoms with Crippen LogP contribution in [0.2, 0.25) is 5.02 Å². The number of benzene rings is 2. The zero-order valence-electron chi connectivity index (χ0n) is 16.5. The van der Waals surface area contributed by atoms with Gasteiger partial charge in [-0.15, -0.1) is 0 Å². The van der Waals surface area contributed by atoms with Crippen molar-refractivity contribution in [1.29, 1.82) is 0 Å². The molecule has 9 heteroatoms. The highest BCUT2D eigenvalue weighted by atomic mass is 35.5. The quantitative estimate of drug-likeness (QED) is 0.381. The van der Waals surface area contributed by atoms with Crippen molar-refractivity contribution in [3.05, 3.63) is 65.1 Å². The van der Waals surface area contributed by atoms with Crippen molar-refractivity contribution in [3.8, 4) is 11.4 Å². The third-order valence-electron chi connectivity index (χ3n) is 4.18. The molecule has 1 heterocycles. The summed E-state index contributed by atoms with van der Waals surface area (Å²) in [6.07, 6.45) is 4.77. The molecule has 1 aromatic heterocycles. The standard InChI is InChI=1S/C21H20ClFN3O3S/c1-26(2)8-3-9-29-10-11-30(27,28)17-5-7-20-16(12-17)14-24-21(25-20)15-4-6-19(23)18(22)13-15/h4-7,10-13H,3,8-9H2,1-2H3. The van der Waals surface area contributed by atoms with Gasteiger partial charge in [-0.1, -0.05) is 11.6 Å². The zero-order chi connectivity index (χ0) is 21.7. The van der Waals surface area contributed by atoms with Gasteiger partial charge >= 0.3 is 0 Å². The molecule has 0 aliphatic heterocycles. The van der Waals surface area contributed by atoms with Crippen LogP contribution in [0.4, 0.5) is 4.39 Å². The summed E-state index contributed by atoms with van der Waals surface area (Å²) in [5.74, 6) is -0.221. The third kappa shape index (κ3) is 5.53. The Hall–Kier alpha value is -2.55. The van der Waals surface area contributed by atoms with Crippen LogP contribution in [0.15, 0.2) is 53.0 Å². The number of fused-ring (bicyclic) bond motifs is 1. The molecule has 0 atom stereocenters. The maximum Gasteiger partial charge on any atom is 0.202 e. The first-order valence-electron chi connectivity index (χ1n) is 9.09. The molecule has 0 aliphatic carbocycles. The number of sulfone groups is 1. The lowest BCUT2D eigenvalue weighted by Crippen LogP contribution is -2.14. The monoisotopic (exact) mass is 448 g/mol. The Labute approximate surface area is 179 Å². The van der Waals surface area contributed by atoms with E-state index in [1.165, 1.54) is 36.6 Å². The number of nitrogens with zero attached hydrogens (tertiary/aromatic N) is 3. The summed E-state index contributed by atoms with van der Waals surface area (Å²) in [5.41, 5.74) is 1.04. The normalized spacial score (nSPS) is 12.2. The van der Waals surface area contributed by atoms with Crippen molar-refractivity contribution in [2.45, 2.75) is 11.3 Å². The SMILES string of the molecule is CN(C)CCCOC=CS(=O)(=O)c1ccc2nc(-c3ccc(F)c(Cl)c3)n[c]c2c1. The fraction of sp³-hybridized carbons (Fsp3) is 0.238. The molecule has 0 N–H and O–H groups in total. The van der Waals surface area contributed by atoms with Crippen molar-refractivity contribution in [3.63, 3.8) is 0 Å². The number of hydrogen-bond acceptors (Lipinski definition) is 6. The van der Waals surface area contributed by atoms with E-state index in [9.17, 15) is 12.8 Å². The fourth-order valence-corrected chi connectivity index (χ4v) is 3.72. The topological polar surface area (TPSA) is 72.4 Å². The molecule has 0 bridgehead atoms. The van der Waals surface area contributed by atoms with Gasteiger partial charge in [0.25, 0.3) is 0 Å². The average molecular weight is 449 g/mol. The Morgan fingerprint density at radius 2 is 2.03 bits per heavy atom. The van der Waals surface area contributed by atoms with Crippen LogP contribution in [0.5, 0.6) is 0 Å². The van der Waals surface area contributed by atoms with Crippen LogP contribution in [0.1, 0.15) is 6.42 Å². The van der Waals surface area contributed by atoms with E-state index in [-0.39, 0.29) is 9.92 Å². The van der Waals surface area contributed by atoms with E-state index in [1.807, 2.05) is 19.0 Å². The lowest BCUT2D eigenvalue weighted by molar-refractivity contribution is 0.228. The lowest BCUT2D eigenvalue weighted by atomic mass is 10.2. The van der Waals surface area contributed by atoms with Gasteiger partial charge in [-0.2, -0.15) is 0 Å². The van der Waals surface area contributed by atoms with Crippen LogP contribution < -0.4 is 0 Å². The maximum atomic E-state index is 13.4. The molecule has 30 heavy (non-hydrogen) atoms. The predicted molar refractivity (Wildman–Crippen MR) is 114 cm³/mol. The summed E-state index contributed by atoms with van der Waals surface area (Å²) in [6.45, 7) is 1.28. The van der Waals surface area contributed by atoms with Crippen LogP contribution in [0.3, 0.4) is 0 Å². The van der Waals surface area contributed by atoms with Gasteiger partial charge in [-0.3, -0.25) is 0 Å². The molecule has 0 unspecified atom stereocenters. The Balaban J connectivity index is 1.77. The van der Waals surface area contributed by atoms with Gasteiger partial charge < -0.3 is 9.64 Å². The molecule has 3 aromatic rings. The van der Waals surface area contributed by atoms with E-state index in [0.717, 1.165) is 18.4 Å². The summed E-state index contributed by atoms with van der Waals surface area (Å²) >= 11 is 5.81. The zero-order valence-corrected chi connectivity index (χ0v) is 18.0. The Morgan fingerprint density at radius 3 is 2.77 bits per heavy atom. The van der Waals surface area contributed by atoms with E-state index < -0.39 is 15.7 Å². The summed E-state index contributed by atoms with van der Waals surface area (Å²) in [7, 11) is 0.235. The van der Waals surface area contributed by atoms with Gasteiger partial charge in [0.15, 0.2) is 5.82 Å². The number of hydrogen-bond donors (Lipinski definition) is 0. The Morgan fingerprint density at radius 1 is 1.23 bits per heavy atom. The predicted octanol–water partition coefficient (Wildman–Crippen LogP) is 4.10. The molecule has 3 rings (SSSR count). The van der Waals surface area contributed by atoms with Gasteiger partial charge in [-0.25, -0.2) is 22.8 Å². The van der Waals surface area contributed by atoms with Crippen LogP contribution in [0, 0.1) is 12.0 Å². The second-order valence-corrected chi connectivity index (χ2v) is 9.05. The molecule has 0 saturated heterocycles. The summed E-state index contributed by atoms with van der Waals surface area (Å²) in [6, 6.07) is 8.64. The molecule has 0 amide bonds. The third-order valence-corrected chi connectivity index (χ3v) is 5.85. The molecule has 0 spiro atoms. The average Bonchev–Trinajstić information content (AvgIpc) is 2.71. The highest BCUT2D eigenvalue weighted by Crippen LogP contribution is 2.25. The summed E-state index contributed by atoms with van der Waals surface area (Å²) in [5, 5.41) is 1.43. The van der Waals surface area contributed by atoms with E-state index in [4.69, 9.17) is 16.3 Å². The van der Waals surface area contributed by atoms with E-state index >= 15 is 0 Å². The molecular weight excluding hydrogens is 429 g/mol. The number of halogens is 2. The molecule has 2 aromatic carbocycles. The van der Waals surface area contributed by atoms with Crippen LogP contribution >= 0.6 is 11.6 Å². The summed E-state index contributed by atoms with van der Waals surface area (Å²) in [4.78, 5) is 10.6. The smallest absolute Gasteiger partial charge is 0.202 e. The molecular formula is C21H20ClFN3O3S. The summed E-state index contributed by atoms with van der Waals surface area (Å²) < 4.78 is 43.6. The lowest BCUT2D eigenvalue weighted by Gasteiger charge is -2.08. The van der Waals surface area contributed by atoms with Gasteiger partial charge in [0.2, 0.25) is 9.84 Å². The number of rotatable bonds is 8. The van der Waals surface area contributed by atoms with E-state index in [0.29, 0.717) is 28.9 Å². The van der Waals surface area contributed by atoms with Crippen molar-refractivity contribution in [2.24, 2.45) is 0 Å². The second-order valence-electron chi connectivity index (χ2n) is 6.81. The van der Waals surface area contributed by atoms with Gasteiger partial charge in [-0.05, 0) is 56.9 Å². The second kappa shape index (κ2) is 9.51. The van der Waals surface area contributed by atoms with E-state index in [1.54, 1.807) is 6.07 Å². The minimum Gasteiger partial charge on any atom is -0.500 e. The van der Waals surface area contributed by atoms with Crippen LogP contribution in [-0.2, 0) is 14.6 Å². The molecule has 0 saturated carbocycles. The molecule has 0 aliphatic rings. The highest BCUT2D eigenvalue weighted by Gasteiger charge is 2.13. The molecule has 0 fully saturated rings. The van der Waals surface area contributed by atoms with Crippen LogP contribution in [-0.4, -0.2) is 50.5 Å². The number of aromatic nitrogens is 2. The van der Waals surface area contributed by atoms with Crippen LogP contribution in [0.25, 0.3) is 22.3 Å². The van der Waals surface area contributed by atoms with Crippen molar-refractivity contribution in [2.75, 3.05) is 27.2 Å². The Kier molecular flexibility index (Phi) is 7.02.